The van der Waals surface area contributed by atoms with E-state index >= 15 is 0 Å². The van der Waals surface area contributed by atoms with Crippen molar-refractivity contribution in [3.63, 3.8) is 0 Å². The van der Waals surface area contributed by atoms with E-state index in [1.165, 1.54) is 0 Å². The van der Waals surface area contributed by atoms with Crippen LogP contribution in [0.1, 0.15) is 13.3 Å². The van der Waals surface area contributed by atoms with Gasteiger partial charge < -0.3 is 4.74 Å². The van der Waals surface area contributed by atoms with Crippen LogP contribution in [0.25, 0.3) is 0 Å². The second-order valence-corrected chi connectivity index (χ2v) is 2.36. The number of hydrogen-bond acceptors (Lipinski definition) is 1. The van der Waals surface area contributed by atoms with Crippen molar-refractivity contribution in [2.75, 3.05) is 7.11 Å². The summed E-state index contributed by atoms with van der Waals surface area (Å²) in [6.45, 7) is 9.42. The van der Waals surface area contributed by atoms with Gasteiger partial charge in [0.15, 0.2) is 0 Å². The molecule has 0 N–H and O–H groups in total. The van der Waals surface area contributed by atoms with Gasteiger partial charge in [-0.2, -0.15) is 0 Å². The lowest BCUT2D eigenvalue weighted by Crippen LogP contribution is -2.16. The minimum Gasteiger partial charge on any atom is -0.381 e. The summed E-state index contributed by atoms with van der Waals surface area (Å²) in [6, 6.07) is 0. The lowest BCUT2D eigenvalue weighted by atomic mass is 10.0. The maximum atomic E-state index is 5.14. The molecule has 2 atom stereocenters. The Morgan fingerprint density at radius 2 is 2.10 bits per heavy atom. The van der Waals surface area contributed by atoms with Crippen molar-refractivity contribution >= 4 is 0 Å². The molecule has 0 aromatic heterocycles. The molecule has 0 aliphatic heterocycles. The van der Waals surface area contributed by atoms with Crippen LogP contribution in [0.15, 0.2) is 25.3 Å². The molecule has 1 unspecified atom stereocenters. The highest BCUT2D eigenvalue weighted by molar-refractivity contribution is 4.88. The van der Waals surface area contributed by atoms with Gasteiger partial charge in [-0.15, -0.1) is 13.2 Å². The molecule has 0 rings (SSSR count). The van der Waals surface area contributed by atoms with E-state index in [0.29, 0.717) is 5.92 Å². The highest BCUT2D eigenvalue weighted by Crippen LogP contribution is 2.12. The van der Waals surface area contributed by atoms with E-state index in [0.717, 1.165) is 6.42 Å². The lowest BCUT2D eigenvalue weighted by molar-refractivity contribution is 0.0849. The molecule has 0 saturated carbocycles. The van der Waals surface area contributed by atoms with Gasteiger partial charge in [0.1, 0.15) is 0 Å². The first-order valence-electron chi connectivity index (χ1n) is 3.52. The second kappa shape index (κ2) is 5.24. The highest BCUT2D eigenvalue weighted by atomic mass is 16.5. The first-order chi connectivity index (χ1) is 4.76. The predicted molar refractivity (Wildman–Crippen MR) is 45.0 cm³/mol. The van der Waals surface area contributed by atoms with Crippen molar-refractivity contribution in [3.05, 3.63) is 25.3 Å². The van der Waals surface area contributed by atoms with Gasteiger partial charge >= 0.3 is 0 Å². The zero-order chi connectivity index (χ0) is 7.98. The fourth-order valence-corrected chi connectivity index (χ4v) is 0.847. The molecule has 0 aliphatic carbocycles. The summed E-state index contributed by atoms with van der Waals surface area (Å²) in [6.07, 6.45) is 4.99. The standard InChI is InChI=1S/C9H16O/c1-5-7-9(6-2)8(3)10-4/h5-6,8-9H,1-2,7H2,3-4H3/t8-,9?/m0/s1. The molecule has 0 aromatic carbocycles. The summed E-state index contributed by atoms with van der Waals surface area (Å²) in [5, 5.41) is 0. The van der Waals surface area contributed by atoms with Gasteiger partial charge in [0.25, 0.3) is 0 Å². The minimum atomic E-state index is 0.246. The quantitative estimate of drug-likeness (QED) is 0.533. The molecular weight excluding hydrogens is 124 g/mol. The molecule has 58 valence electrons. The Bertz CT molecular complexity index is 107. The molecule has 1 nitrogen and oxygen atoms in total. The van der Waals surface area contributed by atoms with Crippen LogP contribution in [0.3, 0.4) is 0 Å². The molecule has 0 fully saturated rings. The first kappa shape index (κ1) is 9.44. The average Bonchev–Trinajstić information content (AvgIpc) is 1.99. The molecule has 0 spiro atoms. The topological polar surface area (TPSA) is 9.23 Å². The molecule has 0 bridgehead atoms. The Balaban J connectivity index is 3.78. The van der Waals surface area contributed by atoms with Crippen molar-refractivity contribution in [3.8, 4) is 0 Å². The van der Waals surface area contributed by atoms with Crippen molar-refractivity contribution in [1.82, 2.24) is 0 Å². The minimum absolute atomic E-state index is 0.246. The van der Waals surface area contributed by atoms with E-state index in [1.807, 2.05) is 19.1 Å². The van der Waals surface area contributed by atoms with Crippen molar-refractivity contribution in [2.45, 2.75) is 19.4 Å². The normalized spacial score (nSPS) is 15.8. The molecule has 10 heavy (non-hydrogen) atoms. The van der Waals surface area contributed by atoms with Crippen LogP contribution in [0.2, 0.25) is 0 Å². The molecule has 0 radical (unpaired) electrons. The number of methoxy groups -OCH3 is 1. The fraction of sp³-hybridized carbons (Fsp3) is 0.556. The predicted octanol–water partition coefficient (Wildman–Crippen LogP) is 2.40. The SMILES string of the molecule is C=CCC(C=C)[C@H](C)OC. The lowest BCUT2D eigenvalue weighted by Gasteiger charge is -2.16. The Hall–Kier alpha value is -0.560. The summed E-state index contributed by atoms with van der Waals surface area (Å²) in [4.78, 5) is 0. The molecule has 1 heteroatoms. The van der Waals surface area contributed by atoms with Crippen LogP contribution in [0, 0.1) is 5.92 Å². The molecule has 0 amide bonds. The molecule has 0 aliphatic rings. The van der Waals surface area contributed by atoms with Gasteiger partial charge in [0, 0.05) is 13.0 Å². The van der Waals surface area contributed by atoms with Gasteiger partial charge in [0.05, 0.1) is 6.10 Å². The summed E-state index contributed by atoms with van der Waals surface area (Å²) in [5.74, 6) is 0.405. The summed E-state index contributed by atoms with van der Waals surface area (Å²) in [7, 11) is 1.71. The molecule has 0 aromatic rings. The molecule has 0 saturated heterocycles. The summed E-state index contributed by atoms with van der Waals surface area (Å²) in [5.41, 5.74) is 0. The van der Waals surface area contributed by atoms with Crippen LogP contribution in [0.5, 0.6) is 0 Å². The third-order valence-corrected chi connectivity index (χ3v) is 1.72. The highest BCUT2D eigenvalue weighted by Gasteiger charge is 2.09. The van der Waals surface area contributed by atoms with E-state index in [2.05, 4.69) is 13.2 Å². The van der Waals surface area contributed by atoms with E-state index in [9.17, 15) is 0 Å². The van der Waals surface area contributed by atoms with E-state index < -0.39 is 0 Å². The van der Waals surface area contributed by atoms with Crippen molar-refractivity contribution in [2.24, 2.45) is 5.92 Å². The fourth-order valence-electron chi connectivity index (χ4n) is 0.847. The van der Waals surface area contributed by atoms with Gasteiger partial charge in [-0.05, 0) is 13.3 Å². The molecular formula is C9H16O. The van der Waals surface area contributed by atoms with Crippen LogP contribution < -0.4 is 0 Å². The molecule has 0 heterocycles. The first-order valence-corrected chi connectivity index (χ1v) is 3.52. The summed E-state index contributed by atoms with van der Waals surface area (Å²) < 4.78 is 5.14. The maximum absolute atomic E-state index is 5.14. The Kier molecular flexibility index (Phi) is 4.95. The zero-order valence-corrected chi connectivity index (χ0v) is 6.84. The van der Waals surface area contributed by atoms with Gasteiger partial charge in [-0.3, -0.25) is 0 Å². The van der Waals surface area contributed by atoms with Crippen molar-refractivity contribution in [1.29, 1.82) is 0 Å². The van der Waals surface area contributed by atoms with Gasteiger partial charge in [-0.25, -0.2) is 0 Å². The van der Waals surface area contributed by atoms with Gasteiger partial charge in [-0.1, -0.05) is 12.2 Å². The summed E-state index contributed by atoms with van der Waals surface area (Å²) >= 11 is 0. The van der Waals surface area contributed by atoms with E-state index in [4.69, 9.17) is 4.74 Å². The Morgan fingerprint density at radius 3 is 2.40 bits per heavy atom. The zero-order valence-electron chi connectivity index (χ0n) is 6.84. The van der Waals surface area contributed by atoms with Crippen molar-refractivity contribution < 1.29 is 4.74 Å². The number of hydrogen-bond donors (Lipinski definition) is 0. The number of rotatable bonds is 5. The van der Waals surface area contributed by atoms with E-state index in [-0.39, 0.29) is 6.10 Å². The number of ether oxygens (including phenoxy) is 1. The van der Waals surface area contributed by atoms with Crippen LogP contribution >= 0.6 is 0 Å². The monoisotopic (exact) mass is 140 g/mol. The van der Waals surface area contributed by atoms with E-state index in [1.54, 1.807) is 7.11 Å². The second-order valence-electron chi connectivity index (χ2n) is 2.36. The maximum Gasteiger partial charge on any atom is 0.0608 e. The number of allylic oxidation sites excluding steroid dienone is 1. The third kappa shape index (κ3) is 2.83. The average molecular weight is 140 g/mol. The Morgan fingerprint density at radius 1 is 1.50 bits per heavy atom. The largest absolute Gasteiger partial charge is 0.381 e. The van der Waals surface area contributed by atoms with Crippen LogP contribution in [-0.4, -0.2) is 13.2 Å². The van der Waals surface area contributed by atoms with Gasteiger partial charge in [0.2, 0.25) is 0 Å². The smallest absolute Gasteiger partial charge is 0.0608 e. The van der Waals surface area contributed by atoms with Crippen LogP contribution in [-0.2, 0) is 4.74 Å². The third-order valence-electron chi connectivity index (χ3n) is 1.72. The van der Waals surface area contributed by atoms with Crippen LogP contribution in [0.4, 0.5) is 0 Å². The Labute approximate surface area is 63.4 Å².